The van der Waals surface area contributed by atoms with E-state index in [-0.39, 0.29) is 18.4 Å². The molecule has 0 unspecified atom stereocenters. The molecule has 0 radical (unpaired) electrons. The highest BCUT2D eigenvalue weighted by atomic mass is 16.2. The number of carbonyl (C=O) groups excluding carboxylic acids is 2. The first-order chi connectivity index (χ1) is 11.4. The lowest BCUT2D eigenvalue weighted by Crippen LogP contribution is -2.23. The zero-order valence-electron chi connectivity index (χ0n) is 14.5. The first-order valence-corrected chi connectivity index (χ1v) is 7.80. The molecule has 2 aromatic carbocycles. The Hall–Kier alpha value is -2.82. The van der Waals surface area contributed by atoms with E-state index in [2.05, 4.69) is 10.6 Å². The number of rotatable bonds is 5. The van der Waals surface area contributed by atoms with Crippen molar-refractivity contribution in [3.8, 4) is 0 Å². The minimum Gasteiger partial charge on any atom is -0.376 e. The molecule has 0 aromatic heterocycles. The highest BCUT2D eigenvalue weighted by Gasteiger charge is 2.10. The van der Waals surface area contributed by atoms with E-state index in [1.54, 1.807) is 38.4 Å². The Bertz CT molecular complexity index is 754. The number of hydrogen-bond acceptors (Lipinski definition) is 3. The molecule has 0 bridgehead atoms. The maximum atomic E-state index is 12.1. The van der Waals surface area contributed by atoms with Crippen LogP contribution in [-0.4, -0.2) is 37.4 Å². The monoisotopic (exact) mass is 325 g/mol. The van der Waals surface area contributed by atoms with Gasteiger partial charge < -0.3 is 15.5 Å². The molecule has 0 aliphatic rings. The predicted octanol–water partition coefficient (Wildman–Crippen LogP) is 3.06. The summed E-state index contributed by atoms with van der Waals surface area (Å²) >= 11 is 0. The predicted molar refractivity (Wildman–Crippen MR) is 97.5 cm³/mol. The number of aryl methyl sites for hydroxylation is 1. The van der Waals surface area contributed by atoms with Gasteiger partial charge in [0.05, 0.1) is 6.54 Å². The van der Waals surface area contributed by atoms with Gasteiger partial charge in [-0.05, 0) is 49.2 Å². The summed E-state index contributed by atoms with van der Waals surface area (Å²) in [6.45, 7) is 4.22. The summed E-state index contributed by atoms with van der Waals surface area (Å²) in [6, 6.07) is 12.9. The number of nitrogens with one attached hydrogen (secondary N) is 2. The van der Waals surface area contributed by atoms with Gasteiger partial charge in [-0.25, -0.2) is 0 Å². The summed E-state index contributed by atoms with van der Waals surface area (Å²) in [7, 11) is 3.39. The summed E-state index contributed by atoms with van der Waals surface area (Å²) in [4.78, 5) is 25.6. The molecule has 5 heteroatoms. The highest BCUT2D eigenvalue weighted by Crippen LogP contribution is 2.18. The Balaban J connectivity index is 1.99. The van der Waals surface area contributed by atoms with E-state index in [4.69, 9.17) is 0 Å². The number of amides is 2. The van der Waals surface area contributed by atoms with Gasteiger partial charge in [-0.3, -0.25) is 9.59 Å². The second-order valence-corrected chi connectivity index (χ2v) is 5.93. The third-order valence-electron chi connectivity index (χ3n) is 3.84. The van der Waals surface area contributed by atoms with Gasteiger partial charge in [0.2, 0.25) is 5.91 Å². The average Bonchev–Trinajstić information content (AvgIpc) is 2.55. The first kappa shape index (κ1) is 17.5. The molecule has 5 nitrogen and oxygen atoms in total. The van der Waals surface area contributed by atoms with Crippen molar-refractivity contribution in [2.75, 3.05) is 31.3 Å². The number of carbonyl (C=O) groups is 2. The van der Waals surface area contributed by atoms with E-state index in [0.29, 0.717) is 11.3 Å². The molecule has 0 atom stereocenters. The lowest BCUT2D eigenvalue weighted by atomic mass is 10.1. The van der Waals surface area contributed by atoms with Gasteiger partial charge in [0, 0.05) is 31.0 Å². The van der Waals surface area contributed by atoms with Crippen molar-refractivity contribution in [1.82, 2.24) is 4.90 Å². The molecule has 2 rings (SSSR count). The van der Waals surface area contributed by atoms with Gasteiger partial charge in [0.1, 0.15) is 0 Å². The molecular formula is C19H23N3O2. The molecule has 0 fully saturated rings. The van der Waals surface area contributed by atoms with Gasteiger partial charge in [0.15, 0.2) is 0 Å². The van der Waals surface area contributed by atoms with Crippen LogP contribution in [0.2, 0.25) is 0 Å². The molecule has 126 valence electrons. The van der Waals surface area contributed by atoms with E-state index in [9.17, 15) is 9.59 Å². The van der Waals surface area contributed by atoms with Crippen LogP contribution in [0.4, 0.5) is 11.4 Å². The standard InChI is InChI=1S/C19H23N3O2/c1-13-7-5-10-17(14(13)2)20-12-18(23)21-16-9-6-8-15(11-16)19(24)22(3)4/h5-11,20H,12H2,1-4H3,(H,21,23). The van der Waals surface area contributed by atoms with E-state index in [0.717, 1.165) is 11.3 Å². The van der Waals surface area contributed by atoms with Crippen molar-refractivity contribution < 1.29 is 9.59 Å². The summed E-state index contributed by atoms with van der Waals surface area (Å²) < 4.78 is 0. The third-order valence-corrected chi connectivity index (χ3v) is 3.84. The van der Waals surface area contributed by atoms with Crippen LogP contribution in [0.25, 0.3) is 0 Å². The zero-order valence-corrected chi connectivity index (χ0v) is 14.5. The topological polar surface area (TPSA) is 61.4 Å². The maximum Gasteiger partial charge on any atom is 0.253 e. The summed E-state index contributed by atoms with van der Waals surface area (Å²) in [6.07, 6.45) is 0. The number of nitrogens with zero attached hydrogens (tertiary/aromatic N) is 1. The van der Waals surface area contributed by atoms with Gasteiger partial charge in [0.25, 0.3) is 5.91 Å². The van der Waals surface area contributed by atoms with Crippen LogP contribution in [0.5, 0.6) is 0 Å². The minimum absolute atomic E-state index is 0.0976. The van der Waals surface area contributed by atoms with Crippen LogP contribution < -0.4 is 10.6 Å². The van der Waals surface area contributed by atoms with Gasteiger partial charge in [-0.15, -0.1) is 0 Å². The van der Waals surface area contributed by atoms with Crippen LogP contribution in [-0.2, 0) is 4.79 Å². The number of anilines is 2. The third kappa shape index (κ3) is 4.35. The molecular weight excluding hydrogens is 302 g/mol. The average molecular weight is 325 g/mol. The van der Waals surface area contributed by atoms with Crippen molar-refractivity contribution in [2.45, 2.75) is 13.8 Å². The van der Waals surface area contributed by atoms with E-state index < -0.39 is 0 Å². The van der Waals surface area contributed by atoms with Crippen molar-refractivity contribution in [3.05, 3.63) is 59.2 Å². The van der Waals surface area contributed by atoms with E-state index in [1.807, 2.05) is 32.0 Å². The molecule has 0 spiro atoms. The van der Waals surface area contributed by atoms with Crippen molar-refractivity contribution in [2.24, 2.45) is 0 Å². The van der Waals surface area contributed by atoms with Crippen LogP contribution >= 0.6 is 0 Å². The first-order valence-electron chi connectivity index (χ1n) is 7.80. The smallest absolute Gasteiger partial charge is 0.253 e. The SMILES string of the molecule is Cc1cccc(NCC(=O)Nc2cccc(C(=O)N(C)C)c2)c1C. The Labute approximate surface area is 142 Å². The summed E-state index contributed by atoms with van der Waals surface area (Å²) in [5.74, 6) is -0.259. The lowest BCUT2D eigenvalue weighted by Gasteiger charge is -2.13. The molecule has 2 N–H and O–H groups in total. The van der Waals surface area contributed by atoms with Gasteiger partial charge in [-0.1, -0.05) is 18.2 Å². The van der Waals surface area contributed by atoms with Crippen molar-refractivity contribution in [1.29, 1.82) is 0 Å². The molecule has 0 aliphatic heterocycles. The Morgan fingerprint density at radius 3 is 2.46 bits per heavy atom. The fraction of sp³-hybridized carbons (Fsp3) is 0.263. The summed E-state index contributed by atoms with van der Waals surface area (Å²) in [5, 5.41) is 5.95. The summed E-state index contributed by atoms with van der Waals surface area (Å²) in [5.41, 5.74) is 4.40. The van der Waals surface area contributed by atoms with Gasteiger partial charge in [-0.2, -0.15) is 0 Å². The zero-order chi connectivity index (χ0) is 17.7. The molecule has 0 saturated heterocycles. The Kier molecular flexibility index (Phi) is 5.58. The Morgan fingerprint density at radius 2 is 1.75 bits per heavy atom. The number of benzene rings is 2. The van der Waals surface area contributed by atoms with Crippen LogP contribution in [0.1, 0.15) is 21.5 Å². The number of hydrogen-bond donors (Lipinski definition) is 2. The lowest BCUT2D eigenvalue weighted by molar-refractivity contribution is -0.114. The normalized spacial score (nSPS) is 10.2. The second-order valence-electron chi connectivity index (χ2n) is 5.93. The molecule has 2 amide bonds. The highest BCUT2D eigenvalue weighted by molar-refractivity contribution is 5.98. The fourth-order valence-corrected chi connectivity index (χ4v) is 2.31. The Morgan fingerprint density at radius 1 is 1.04 bits per heavy atom. The fourth-order valence-electron chi connectivity index (χ4n) is 2.31. The van der Waals surface area contributed by atoms with Gasteiger partial charge >= 0.3 is 0 Å². The van der Waals surface area contributed by atoms with Crippen molar-refractivity contribution in [3.63, 3.8) is 0 Å². The molecule has 2 aromatic rings. The molecule has 0 heterocycles. The maximum absolute atomic E-state index is 12.1. The largest absolute Gasteiger partial charge is 0.376 e. The molecule has 0 aliphatic carbocycles. The molecule has 0 saturated carbocycles. The van der Waals surface area contributed by atoms with Crippen LogP contribution in [0.15, 0.2) is 42.5 Å². The van der Waals surface area contributed by atoms with E-state index in [1.165, 1.54) is 10.5 Å². The van der Waals surface area contributed by atoms with Crippen LogP contribution in [0, 0.1) is 13.8 Å². The van der Waals surface area contributed by atoms with E-state index >= 15 is 0 Å². The second kappa shape index (κ2) is 7.64. The minimum atomic E-state index is -0.162. The van der Waals surface area contributed by atoms with Crippen LogP contribution in [0.3, 0.4) is 0 Å². The van der Waals surface area contributed by atoms with Crippen molar-refractivity contribution >= 4 is 23.2 Å². The molecule has 24 heavy (non-hydrogen) atoms. The quantitative estimate of drug-likeness (QED) is 0.888.